The van der Waals surface area contributed by atoms with Crippen LogP contribution in [0, 0.1) is 11.3 Å². The van der Waals surface area contributed by atoms with Crippen LogP contribution >= 0.6 is 11.8 Å². The molecule has 0 bridgehead atoms. The third-order valence-corrected chi connectivity index (χ3v) is 5.71. The van der Waals surface area contributed by atoms with Crippen LogP contribution in [0.1, 0.15) is 45.4 Å². The van der Waals surface area contributed by atoms with E-state index in [0.717, 1.165) is 45.3 Å². The van der Waals surface area contributed by atoms with Gasteiger partial charge in [-0.15, -0.1) is 0 Å². The van der Waals surface area contributed by atoms with E-state index in [1.54, 1.807) is 0 Å². The summed E-state index contributed by atoms with van der Waals surface area (Å²) in [5, 5.41) is 6.65. The van der Waals surface area contributed by atoms with E-state index >= 15 is 0 Å². The molecule has 0 aromatic carbocycles. The van der Waals surface area contributed by atoms with Gasteiger partial charge in [0.2, 0.25) is 5.91 Å². The smallest absolute Gasteiger partial charge is 0.226 e. The van der Waals surface area contributed by atoms with Crippen LogP contribution < -0.4 is 10.6 Å². The first-order valence-electron chi connectivity index (χ1n) is 7.83. The molecule has 2 saturated heterocycles. The molecule has 2 N–H and O–H groups in total. The maximum atomic E-state index is 12.6. The van der Waals surface area contributed by atoms with Gasteiger partial charge in [0, 0.05) is 6.54 Å². The zero-order chi connectivity index (χ0) is 13.6. The molecular formula is C15H28N2OS. The number of thioether (sulfide) groups is 1. The van der Waals surface area contributed by atoms with Crippen molar-refractivity contribution in [2.75, 3.05) is 31.1 Å². The molecule has 0 radical (unpaired) electrons. The Morgan fingerprint density at radius 2 is 2.00 bits per heavy atom. The lowest BCUT2D eigenvalue weighted by Gasteiger charge is -2.36. The van der Waals surface area contributed by atoms with Crippen molar-refractivity contribution < 1.29 is 4.79 Å². The number of rotatable bonds is 5. The van der Waals surface area contributed by atoms with Gasteiger partial charge in [0.05, 0.1) is 5.41 Å². The molecule has 4 heteroatoms. The summed E-state index contributed by atoms with van der Waals surface area (Å²) in [6, 6.07) is 0. The molecule has 2 aliphatic rings. The van der Waals surface area contributed by atoms with Gasteiger partial charge in [-0.25, -0.2) is 0 Å². The minimum Gasteiger partial charge on any atom is -0.355 e. The van der Waals surface area contributed by atoms with E-state index in [-0.39, 0.29) is 5.41 Å². The first-order valence-corrected chi connectivity index (χ1v) is 8.99. The van der Waals surface area contributed by atoms with Gasteiger partial charge < -0.3 is 10.6 Å². The predicted octanol–water partition coefficient (Wildman–Crippen LogP) is 2.42. The van der Waals surface area contributed by atoms with Crippen LogP contribution in [0.4, 0.5) is 0 Å². The maximum Gasteiger partial charge on any atom is 0.226 e. The molecule has 2 rings (SSSR count). The molecule has 1 amide bonds. The monoisotopic (exact) mass is 284 g/mol. The molecule has 3 nitrogen and oxygen atoms in total. The molecule has 110 valence electrons. The number of hydrogen-bond donors (Lipinski definition) is 2. The number of nitrogens with one attached hydrogen (secondary N) is 2. The highest BCUT2D eigenvalue weighted by Gasteiger charge is 2.38. The van der Waals surface area contributed by atoms with E-state index in [1.807, 2.05) is 11.8 Å². The van der Waals surface area contributed by atoms with Crippen molar-refractivity contribution in [1.29, 1.82) is 0 Å². The molecule has 2 fully saturated rings. The first kappa shape index (κ1) is 15.2. The highest BCUT2D eigenvalue weighted by molar-refractivity contribution is 7.99. The Labute approximate surface area is 121 Å². The number of carbonyl (C=O) groups is 1. The maximum absolute atomic E-state index is 12.6. The summed E-state index contributed by atoms with van der Waals surface area (Å²) in [5.41, 5.74) is -0.0799. The summed E-state index contributed by atoms with van der Waals surface area (Å²) in [5.74, 6) is 3.58. The normalized spacial score (nSPS) is 24.1. The number of amides is 1. The average Bonchev–Trinajstić information content (AvgIpc) is 2.47. The summed E-state index contributed by atoms with van der Waals surface area (Å²) in [4.78, 5) is 12.6. The number of piperidine rings is 1. The molecule has 2 aliphatic heterocycles. The lowest BCUT2D eigenvalue weighted by Crippen LogP contribution is -2.48. The standard InChI is InChI=1S/C15H28N2OS/c1-2-5-15(6-8-16-9-7-15)14(18)17-12-13-3-10-19-11-4-13/h13,16H,2-12H2,1H3,(H,17,18). The Balaban J connectivity index is 1.84. The van der Waals surface area contributed by atoms with Gasteiger partial charge >= 0.3 is 0 Å². The first-order chi connectivity index (χ1) is 9.27. The molecule has 0 aromatic heterocycles. The Kier molecular flexibility index (Phi) is 6.02. The van der Waals surface area contributed by atoms with Gasteiger partial charge in [-0.05, 0) is 62.6 Å². The quantitative estimate of drug-likeness (QED) is 0.814. The van der Waals surface area contributed by atoms with E-state index < -0.39 is 0 Å². The Morgan fingerprint density at radius 3 is 2.63 bits per heavy atom. The molecule has 0 atom stereocenters. The summed E-state index contributed by atoms with van der Waals surface area (Å²) in [6.45, 7) is 5.08. The molecular weight excluding hydrogens is 256 g/mol. The van der Waals surface area contributed by atoms with E-state index in [9.17, 15) is 4.79 Å². The van der Waals surface area contributed by atoms with E-state index in [1.165, 1.54) is 24.3 Å². The fourth-order valence-corrected chi connectivity index (χ4v) is 4.55. The van der Waals surface area contributed by atoms with Crippen LogP contribution in [0.5, 0.6) is 0 Å². The van der Waals surface area contributed by atoms with Crippen molar-refractivity contribution in [2.24, 2.45) is 11.3 Å². The lowest BCUT2D eigenvalue weighted by atomic mass is 9.74. The topological polar surface area (TPSA) is 41.1 Å². The van der Waals surface area contributed by atoms with Crippen molar-refractivity contribution in [3.05, 3.63) is 0 Å². The van der Waals surface area contributed by atoms with Crippen LogP contribution in [0.2, 0.25) is 0 Å². The molecule has 0 unspecified atom stereocenters. The van der Waals surface area contributed by atoms with Crippen molar-refractivity contribution in [3.8, 4) is 0 Å². The van der Waals surface area contributed by atoms with Crippen LogP contribution in [0.25, 0.3) is 0 Å². The largest absolute Gasteiger partial charge is 0.355 e. The fourth-order valence-electron chi connectivity index (χ4n) is 3.35. The predicted molar refractivity (Wildman–Crippen MR) is 82.5 cm³/mol. The Morgan fingerprint density at radius 1 is 1.32 bits per heavy atom. The molecule has 0 spiro atoms. The van der Waals surface area contributed by atoms with Crippen LogP contribution in [0.15, 0.2) is 0 Å². The number of hydrogen-bond acceptors (Lipinski definition) is 3. The minimum absolute atomic E-state index is 0.0799. The van der Waals surface area contributed by atoms with Gasteiger partial charge in [0.15, 0.2) is 0 Å². The summed E-state index contributed by atoms with van der Waals surface area (Å²) >= 11 is 2.05. The summed E-state index contributed by atoms with van der Waals surface area (Å²) < 4.78 is 0. The molecule has 0 aromatic rings. The highest BCUT2D eigenvalue weighted by Crippen LogP contribution is 2.34. The van der Waals surface area contributed by atoms with E-state index in [4.69, 9.17) is 0 Å². The van der Waals surface area contributed by atoms with Crippen LogP contribution in [-0.2, 0) is 4.79 Å². The second kappa shape index (κ2) is 7.53. The van der Waals surface area contributed by atoms with Crippen molar-refractivity contribution in [3.63, 3.8) is 0 Å². The SMILES string of the molecule is CCCC1(C(=O)NCC2CCSCC2)CCNCC1. The minimum atomic E-state index is -0.0799. The van der Waals surface area contributed by atoms with Crippen molar-refractivity contribution in [2.45, 2.75) is 45.4 Å². The van der Waals surface area contributed by atoms with Gasteiger partial charge in [0.1, 0.15) is 0 Å². The third kappa shape index (κ3) is 4.12. The second-order valence-corrected chi connectivity index (χ2v) is 7.27. The van der Waals surface area contributed by atoms with Gasteiger partial charge in [-0.1, -0.05) is 13.3 Å². The summed E-state index contributed by atoms with van der Waals surface area (Å²) in [6.07, 6.45) is 6.70. The average molecular weight is 284 g/mol. The van der Waals surface area contributed by atoms with Gasteiger partial charge in [-0.2, -0.15) is 11.8 Å². The fraction of sp³-hybridized carbons (Fsp3) is 0.933. The Bertz CT molecular complexity index is 278. The van der Waals surface area contributed by atoms with Crippen molar-refractivity contribution >= 4 is 17.7 Å². The van der Waals surface area contributed by atoms with Crippen LogP contribution in [0.3, 0.4) is 0 Å². The van der Waals surface area contributed by atoms with Gasteiger partial charge in [0.25, 0.3) is 0 Å². The zero-order valence-corrected chi connectivity index (χ0v) is 13.0. The molecule has 19 heavy (non-hydrogen) atoms. The summed E-state index contributed by atoms with van der Waals surface area (Å²) in [7, 11) is 0. The zero-order valence-electron chi connectivity index (χ0n) is 12.2. The van der Waals surface area contributed by atoms with E-state index in [0.29, 0.717) is 11.8 Å². The molecule has 0 saturated carbocycles. The lowest BCUT2D eigenvalue weighted by molar-refractivity contribution is -0.133. The van der Waals surface area contributed by atoms with Crippen LogP contribution in [-0.4, -0.2) is 37.0 Å². The highest BCUT2D eigenvalue weighted by atomic mass is 32.2. The van der Waals surface area contributed by atoms with E-state index in [2.05, 4.69) is 17.6 Å². The van der Waals surface area contributed by atoms with Crippen molar-refractivity contribution in [1.82, 2.24) is 10.6 Å². The molecule has 0 aliphatic carbocycles. The van der Waals surface area contributed by atoms with Gasteiger partial charge in [-0.3, -0.25) is 4.79 Å². The molecule has 2 heterocycles. The second-order valence-electron chi connectivity index (χ2n) is 6.05. The Hall–Kier alpha value is -0.220. The number of carbonyl (C=O) groups excluding carboxylic acids is 1. The third-order valence-electron chi connectivity index (χ3n) is 4.66.